The van der Waals surface area contributed by atoms with Crippen LogP contribution in [0.15, 0.2) is 30.3 Å². The van der Waals surface area contributed by atoms with Gasteiger partial charge in [0.1, 0.15) is 11.6 Å². The second-order valence-electron chi connectivity index (χ2n) is 6.05. The maximum absolute atomic E-state index is 5.18. The predicted octanol–water partition coefficient (Wildman–Crippen LogP) is 3.76. The summed E-state index contributed by atoms with van der Waals surface area (Å²) in [5, 5.41) is 6.83. The highest BCUT2D eigenvalue weighted by molar-refractivity contribution is 5.43. The van der Waals surface area contributed by atoms with Crippen molar-refractivity contribution in [3.63, 3.8) is 0 Å². The van der Waals surface area contributed by atoms with Crippen molar-refractivity contribution in [2.75, 3.05) is 17.7 Å². The quantitative estimate of drug-likeness (QED) is 0.850. The number of benzene rings is 1. The van der Waals surface area contributed by atoms with Crippen LogP contribution in [0.1, 0.15) is 36.9 Å². The molecule has 0 spiro atoms. The van der Waals surface area contributed by atoms with E-state index in [1.807, 2.05) is 25.1 Å². The maximum atomic E-state index is 5.18. The van der Waals surface area contributed by atoms with Gasteiger partial charge in [-0.1, -0.05) is 25.0 Å². The molecule has 1 aliphatic carbocycles. The van der Waals surface area contributed by atoms with Gasteiger partial charge in [0.25, 0.3) is 0 Å². The first-order chi connectivity index (χ1) is 11.2. The Morgan fingerprint density at radius 3 is 2.57 bits per heavy atom. The summed E-state index contributed by atoms with van der Waals surface area (Å²) in [6.45, 7) is 2.73. The van der Waals surface area contributed by atoms with Crippen LogP contribution in [-0.2, 0) is 6.54 Å². The molecule has 23 heavy (non-hydrogen) atoms. The first-order valence-corrected chi connectivity index (χ1v) is 8.22. The van der Waals surface area contributed by atoms with Gasteiger partial charge < -0.3 is 15.4 Å². The van der Waals surface area contributed by atoms with Crippen molar-refractivity contribution in [3.8, 4) is 5.75 Å². The Morgan fingerprint density at radius 2 is 1.87 bits per heavy atom. The average Bonchev–Trinajstić information content (AvgIpc) is 3.06. The molecule has 0 saturated heterocycles. The summed E-state index contributed by atoms with van der Waals surface area (Å²) in [6, 6.07) is 10.5. The molecule has 0 aliphatic heterocycles. The summed E-state index contributed by atoms with van der Waals surface area (Å²) in [6.07, 6.45) is 5.02. The molecule has 0 unspecified atom stereocenters. The first-order valence-electron chi connectivity index (χ1n) is 8.22. The van der Waals surface area contributed by atoms with Gasteiger partial charge in [0.2, 0.25) is 5.95 Å². The van der Waals surface area contributed by atoms with Crippen LogP contribution in [0.3, 0.4) is 0 Å². The zero-order valence-corrected chi connectivity index (χ0v) is 13.8. The molecule has 1 saturated carbocycles. The van der Waals surface area contributed by atoms with Crippen molar-refractivity contribution in [1.82, 2.24) is 9.97 Å². The molecule has 1 aliphatic rings. The van der Waals surface area contributed by atoms with Gasteiger partial charge in [-0.05, 0) is 37.5 Å². The van der Waals surface area contributed by atoms with Gasteiger partial charge in [0.15, 0.2) is 0 Å². The molecule has 122 valence electrons. The summed E-state index contributed by atoms with van der Waals surface area (Å²) in [5.74, 6) is 2.46. The molecule has 2 aromatic rings. The summed E-state index contributed by atoms with van der Waals surface area (Å²) in [7, 11) is 1.68. The number of aromatic nitrogens is 2. The summed E-state index contributed by atoms with van der Waals surface area (Å²) in [5.41, 5.74) is 2.16. The predicted molar refractivity (Wildman–Crippen MR) is 93.0 cm³/mol. The van der Waals surface area contributed by atoms with Gasteiger partial charge in [0.05, 0.1) is 7.11 Å². The van der Waals surface area contributed by atoms with Gasteiger partial charge >= 0.3 is 0 Å². The lowest BCUT2D eigenvalue weighted by Gasteiger charge is -2.14. The molecule has 3 rings (SSSR count). The minimum Gasteiger partial charge on any atom is -0.497 e. The van der Waals surface area contributed by atoms with E-state index in [4.69, 9.17) is 4.74 Å². The minimum absolute atomic E-state index is 0.520. The van der Waals surface area contributed by atoms with E-state index in [0.717, 1.165) is 29.8 Å². The number of aryl methyl sites for hydroxylation is 1. The molecule has 5 heteroatoms. The second-order valence-corrected chi connectivity index (χ2v) is 6.05. The Bertz CT molecular complexity index is 636. The number of anilines is 2. The lowest BCUT2D eigenvalue weighted by atomic mass is 10.2. The topological polar surface area (TPSA) is 59.1 Å². The van der Waals surface area contributed by atoms with Crippen LogP contribution >= 0.6 is 0 Å². The van der Waals surface area contributed by atoms with Gasteiger partial charge in [-0.3, -0.25) is 0 Å². The molecule has 0 bridgehead atoms. The van der Waals surface area contributed by atoms with E-state index in [1.54, 1.807) is 7.11 Å². The fourth-order valence-corrected chi connectivity index (χ4v) is 2.91. The average molecular weight is 312 g/mol. The third-order valence-corrected chi connectivity index (χ3v) is 4.18. The lowest BCUT2D eigenvalue weighted by Crippen LogP contribution is -2.17. The van der Waals surface area contributed by atoms with Crippen molar-refractivity contribution in [2.45, 2.75) is 45.2 Å². The number of rotatable bonds is 6. The van der Waals surface area contributed by atoms with Crippen LogP contribution in [0, 0.1) is 6.92 Å². The van der Waals surface area contributed by atoms with Crippen molar-refractivity contribution >= 4 is 11.8 Å². The molecule has 0 atom stereocenters. The minimum atomic E-state index is 0.520. The molecule has 1 fully saturated rings. The molecule has 1 aromatic heterocycles. The van der Waals surface area contributed by atoms with E-state index in [-0.39, 0.29) is 0 Å². The van der Waals surface area contributed by atoms with E-state index in [9.17, 15) is 0 Å². The summed E-state index contributed by atoms with van der Waals surface area (Å²) >= 11 is 0. The van der Waals surface area contributed by atoms with Gasteiger partial charge in [0, 0.05) is 24.3 Å². The second kappa shape index (κ2) is 7.31. The standard InChI is InChI=1S/C18H24N4O/c1-13-11-17(19-12-14-7-9-16(23-2)10-8-14)22-18(20-13)21-15-5-3-4-6-15/h7-11,15H,3-6,12H2,1-2H3,(H2,19,20,21,22). The first kappa shape index (κ1) is 15.6. The van der Waals surface area contributed by atoms with Gasteiger partial charge in [-0.25, -0.2) is 4.98 Å². The Balaban J connectivity index is 1.63. The number of hydrogen-bond acceptors (Lipinski definition) is 5. The smallest absolute Gasteiger partial charge is 0.225 e. The third kappa shape index (κ3) is 4.34. The number of nitrogens with one attached hydrogen (secondary N) is 2. The normalized spacial score (nSPS) is 14.7. The number of hydrogen-bond donors (Lipinski definition) is 2. The fourth-order valence-electron chi connectivity index (χ4n) is 2.91. The third-order valence-electron chi connectivity index (χ3n) is 4.18. The van der Waals surface area contributed by atoms with Crippen molar-refractivity contribution in [2.24, 2.45) is 0 Å². The zero-order valence-electron chi connectivity index (χ0n) is 13.8. The Labute approximate surface area is 137 Å². The van der Waals surface area contributed by atoms with E-state index in [0.29, 0.717) is 6.04 Å². The Morgan fingerprint density at radius 1 is 1.13 bits per heavy atom. The zero-order chi connectivity index (χ0) is 16.1. The number of methoxy groups -OCH3 is 1. The summed E-state index contributed by atoms with van der Waals surface area (Å²) in [4.78, 5) is 9.08. The largest absolute Gasteiger partial charge is 0.497 e. The maximum Gasteiger partial charge on any atom is 0.225 e. The molecular weight excluding hydrogens is 288 g/mol. The van der Waals surface area contributed by atoms with E-state index in [1.165, 1.54) is 31.2 Å². The number of nitrogens with zero attached hydrogens (tertiary/aromatic N) is 2. The molecule has 0 amide bonds. The van der Waals surface area contributed by atoms with Crippen LogP contribution in [0.25, 0.3) is 0 Å². The van der Waals surface area contributed by atoms with Crippen molar-refractivity contribution < 1.29 is 4.74 Å². The summed E-state index contributed by atoms with van der Waals surface area (Å²) < 4.78 is 5.18. The van der Waals surface area contributed by atoms with Crippen molar-refractivity contribution in [1.29, 1.82) is 0 Å². The highest BCUT2D eigenvalue weighted by Crippen LogP contribution is 2.21. The lowest BCUT2D eigenvalue weighted by molar-refractivity contribution is 0.414. The Kier molecular flexibility index (Phi) is 4.95. The number of ether oxygens (including phenoxy) is 1. The van der Waals surface area contributed by atoms with Crippen LogP contribution in [0.2, 0.25) is 0 Å². The monoisotopic (exact) mass is 312 g/mol. The van der Waals surface area contributed by atoms with E-state index >= 15 is 0 Å². The SMILES string of the molecule is COc1ccc(CNc2cc(C)nc(NC3CCCC3)n2)cc1. The molecule has 5 nitrogen and oxygen atoms in total. The van der Waals surface area contributed by atoms with Crippen LogP contribution in [0.5, 0.6) is 5.75 Å². The van der Waals surface area contributed by atoms with Crippen LogP contribution in [-0.4, -0.2) is 23.1 Å². The fraction of sp³-hybridized carbons (Fsp3) is 0.444. The van der Waals surface area contributed by atoms with Crippen molar-refractivity contribution in [3.05, 3.63) is 41.6 Å². The van der Waals surface area contributed by atoms with E-state index in [2.05, 4.69) is 32.7 Å². The van der Waals surface area contributed by atoms with Gasteiger partial charge in [-0.15, -0.1) is 0 Å². The molecule has 2 N–H and O–H groups in total. The Hall–Kier alpha value is -2.30. The molecule has 1 aromatic carbocycles. The molecular formula is C18H24N4O. The molecule has 1 heterocycles. The molecule has 0 radical (unpaired) electrons. The highest BCUT2D eigenvalue weighted by atomic mass is 16.5. The van der Waals surface area contributed by atoms with E-state index < -0.39 is 0 Å². The van der Waals surface area contributed by atoms with Crippen LogP contribution < -0.4 is 15.4 Å². The van der Waals surface area contributed by atoms with Crippen LogP contribution in [0.4, 0.5) is 11.8 Å². The van der Waals surface area contributed by atoms with Gasteiger partial charge in [-0.2, -0.15) is 4.98 Å². The highest BCUT2D eigenvalue weighted by Gasteiger charge is 2.16.